The first kappa shape index (κ1) is 21.9. The summed E-state index contributed by atoms with van der Waals surface area (Å²) in [6.07, 6.45) is 16.5. The summed E-state index contributed by atoms with van der Waals surface area (Å²) in [7, 11) is -2.70. The molecule has 0 bridgehead atoms. The Hall–Kier alpha value is -0.163. The van der Waals surface area contributed by atoms with E-state index >= 15 is 0 Å². The molecule has 0 heterocycles. The van der Waals surface area contributed by atoms with Gasteiger partial charge in [-0.15, -0.1) is 0 Å². The van der Waals surface area contributed by atoms with E-state index in [4.69, 9.17) is 13.3 Å². The molecule has 0 aromatic rings. The summed E-state index contributed by atoms with van der Waals surface area (Å²) < 4.78 is 19.3. The van der Waals surface area contributed by atoms with E-state index in [9.17, 15) is 0 Å². The minimum atomic E-state index is -2.70. The van der Waals surface area contributed by atoms with Gasteiger partial charge in [0, 0.05) is 19.8 Å². The van der Waals surface area contributed by atoms with Crippen molar-refractivity contribution in [2.24, 2.45) is 0 Å². The second-order valence-corrected chi connectivity index (χ2v) is 9.47. The van der Waals surface area contributed by atoms with Gasteiger partial charge in [-0.3, -0.25) is 0 Å². The lowest BCUT2D eigenvalue weighted by molar-refractivity contribution is 0.0640. The molecule has 0 amide bonds. The Morgan fingerprint density at radius 2 is 1.25 bits per heavy atom. The van der Waals surface area contributed by atoms with E-state index in [1.54, 1.807) is 0 Å². The molecule has 0 atom stereocenters. The maximum atomic E-state index is 6.43. The van der Waals surface area contributed by atoms with Crippen LogP contribution in [0.15, 0.2) is 11.3 Å². The van der Waals surface area contributed by atoms with Crippen LogP contribution in [0, 0.1) is 0 Å². The van der Waals surface area contributed by atoms with Crippen molar-refractivity contribution >= 4 is 8.80 Å². The van der Waals surface area contributed by atoms with Crippen LogP contribution in [0.5, 0.6) is 0 Å². The van der Waals surface area contributed by atoms with Gasteiger partial charge in [0.05, 0.1) is 0 Å². The van der Waals surface area contributed by atoms with Crippen LogP contribution < -0.4 is 0 Å². The molecule has 0 fully saturated rings. The minimum Gasteiger partial charge on any atom is -0.370 e. The lowest BCUT2D eigenvalue weighted by Gasteiger charge is -2.32. The normalized spacial score (nSPS) is 16.5. The number of unbranched alkanes of at least 4 members (excludes halogenated alkanes) is 3. The lowest BCUT2D eigenvalue weighted by atomic mass is 10.1. The number of hydrogen-bond acceptors (Lipinski definition) is 3. The fourth-order valence-electron chi connectivity index (χ4n) is 2.93. The van der Waals surface area contributed by atoms with E-state index in [1.165, 1.54) is 30.9 Å². The molecule has 0 saturated carbocycles. The molecule has 0 radical (unpaired) electrons. The van der Waals surface area contributed by atoms with Crippen LogP contribution in [-0.2, 0) is 13.3 Å². The van der Waals surface area contributed by atoms with Crippen molar-refractivity contribution in [3.63, 3.8) is 0 Å². The molecule has 1 aliphatic rings. The zero-order chi connectivity index (χ0) is 17.5. The van der Waals surface area contributed by atoms with Gasteiger partial charge in [0.2, 0.25) is 0 Å². The molecule has 0 N–H and O–H groups in total. The summed E-state index contributed by atoms with van der Waals surface area (Å²) in [6, 6.07) is 0. The van der Waals surface area contributed by atoms with Gasteiger partial charge >= 0.3 is 8.80 Å². The maximum Gasteiger partial charge on any atom is 0.532 e. The van der Waals surface area contributed by atoms with Crippen molar-refractivity contribution in [2.75, 3.05) is 19.8 Å². The first-order valence-corrected chi connectivity index (χ1v) is 12.1. The quantitative estimate of drug-likeness (QED) is 0.291. The summed E-state index contributed by atoms with van der Waals surface area (Å²) in [4.78, 5) is 0. The molecule has 0 aromatic heterocycles. The maximum absolute atomic E-state index is 6.43. The van der Waals surface area contributed by atoms with Crippen LogP contribution in [-0.4, -0.2) is 28.6 Å². The van der Waals surface area contributed by atoms with Crippen molar-refractivity contribution in [2.45, 2.75) is 97.8 Å². The number of hydrogen-bond donors (Lipinski definition) is 0. The third kappa shape index (κ3) is 8.28. The summed E-state index contributed by atoms with van der Waals surface area (Å²) in [5.74, 6) is 0. The van der Waals surface area contributed by atoms with Gasteiger partial charge in [-0.05, 0) is 50.1 Å². The zero-order valence-electron chi connectivity index (χ0n) is 16.4. The van der Waals surface area contributed by atoms with Gasteiger partial charge < -0.3 is 13.3 Å². The summed E-state index contributed by atoms with van der Waals surface area (Å²) in [6.45, 7) is 8.90. The second-order valence-electron chi connectivity index (χ2n) is 6.84. The van der Waals surface area contributed by atoms with Crippen LogP contribution in [0.1, 0.15) is 97.8 Å². The Bertz CT molecular complexity index is 304. The van der Waals surface area contributed by atoms with Crippen molar-refractivity contribution in [1.29, 1.82) is 0 Å². The molecule has 24 heavy (non-hydrogen) atoms. The van der Waals surface area contributed by atoms with E-state index in [0.29, 0.717) is 0 Å². The molecule has 0 aliphatic heterocycles. The highest BCUT2D eigenvalue weighted by atomic mass is 28.4. The van der Waals surface area contributed by atoms with Crippen LogP contribution in [0.25, 0.3) is 0 Å². The fourth-order valence-corrected chi connectivity index (χ4v) is 5.85. The molecular weight excluding hydrogens is 316 g/mol. The van der Waals surface area contributed by atoms with E-state index < -0.39 is 8.80 Å². The fraction of sp³-hybridized carbons (Fsp3) is 0.900. The van der Waals surface area contributed by atoms with E-state index in [-0.39, 0.29) is 0 Å². The SMILES string of the molecule is CCCCO[Si](OCCCC)(OCCCC)C1=CCCCCCC1. The number of allylic oxidation sites excluding steroid dienone is 2. The van der Waals surface area contributed by atoms with Gasteiger partial charge in [0.15, 0.2) is 0 Å². The molecule has 142 valence electrons. The highest BCUT2D eigenvalue weighted by molar-refractivity contribution is 6.68. The third-order valence-corrected chi connectivity index (χ3v) is 7.55. The van der Waals surface area contributed by atoms with Gasteiger partial charge in [-0.2, -0.15) is 0 Å². The van der Waals surface area contributed by atoms with Crippen LogP contribution in [0.4, 0.5) is 0 Å². The van der Waals surface area contributed by atoms with E-state index in [0.717, 1.165) is 71.2 Å². The number of rotatable bonds is 13. The molecule has 1 rings (SSSR count). The first-order chi connectivity index (χ1) is 11.8. The van der Waals surface area contributed by atoms with E-state index in [1.807, 2.05) is 0 Å². The smallest absolute Gasteiger partial charge is 0.370 e. The van der Waals surface area contributed by atoms with Gasteiger partial charge in [0.25, 0.3) is 0 Å². The lowest BCUT2D eigenvalue weighted by Crippen LogP contribution is -2.49. The van der Waals surface area contributed by atoms with E-state index in [2.05, 4.69) is 26.8 Å². The van der Waals surface area contributed by atoms with Crippen LogP contribution in [0.3, 0.4) is 0 Å². The molecule has 1 aliphatic carbocycles. The highest BCUT2D eigenvalue weighted by Crippen LogP contribution is 2.29. The minimum absolute atomic E-state index is 0.762. The Morgan fingerprint density at radius 1 is 0.750 bits per heavy atom. The van der Waals surface area contributed by atoms with Crippen molar-refractivity contribution in [3.8, 4) is 0 Å². The average Bonchev–Trinajstić information content (AvgIpc) is 2.55. The topological polar surface area (TPSA) is 27.7 Å². The second kappa shape index (κ2) is 14.1. The summed E-state index contributed by atoms with van der Waals surface area (Å²) in [5, 5.41) is 1.37. The predicted molar refractivity (Wildman–Crippen MR) is 104 cm³/mol. The first-order valence-electron chi connectivity index (χ1n) is 10.4. The van der Waals surface area contributed by atoms with Gasteiger partial charge in [-0.25, -0.2) is 0 Å². The largest absolute Gasteiger partial charge is 0.532 e. The monoisotopic (exact) mass is 356 g/mol. The highest BCUT2D eigenvalue weighted by Gasteiger charge is 2.45. The van der Waals surface area contributed by atoms with Crippen LogP contribution >= 0.6 is 0 Å². The molecule has 4 heteroatoms. The standard InChI is InChI=1S/C20H40O3Si/c1-4-7-17-21-24(22-18-8-5-2,23-19-9-6-3)20-15-13-11-10-12-14-16-20/h15H,4-14,16-19H2,1-3H3. The molecule has 0 aromatic carbocycles. The van der Waals surface area contributed by atoms with Gasteiger partial charge in [-0.1, -0.05) is 59.0 Å². The molecule has 3 nitrogen and oxygen atoms in total. The van der Waals surface area contributed by atoms with Crippen LogP contribution in [0.2, 0.25) is 0 Å². The Kier molecular flexibility index (Phi) is 12.8. The Balaban J connectivity index is 2.90. The molecule has 0 spiro atoms. The Morgan fingerprint density at radius 3 is 1.75 bits per heavy atom. The molecular formula is C20H40O3Si. The average molecular weight is 357 g/mol. The summed E-state index contributed by atoms with van der Waals surface area (Å²) in [5.41, 5.74) is 0. The molecule has 0 saturated heterocycles. The zero-order valence-corrected chi connectivity index (χ0v) is 17.4. The van der Waals surface area contributed by atoms with Gasteiger partial charge in [0.1, 0.15) is 0 Å². The van der Waals surface area contributed by atoms with Crippen molar-refractivity contribution in [1.82, 2.24) is 0 Å². The molecule has 0 unspecified atom stereocenters. The predicted octanol–water partition coefficient (Wildman–Crippen LogP) is 6.20. The Labute approximate surface area is 151 Å². The van der Waals surface area contributed by atoms with Crippen molar-refractivity contribution in [3.05, 3.63) is 11.3 Å². The summed E-state index contributed by atoms with van der Waals surface area (Å²) >= 11 is 0. The van der Waals surface area contributed by atoms with Crippen molar-refractivity contribution < 1.29 is 13.3 Å². The third-order valence-electron chi connectivity index (χ3n) is 4.55.